The maximum Gasteiger partial charge on any atom is 0.153 e. The summed E-state index contributed by atoms with van der Waals surface area (Å²) < 4.78 is 5.32. The molecule has 0 saturated carbocycles. The van der Waals surface area contributed by atoms with Crippen molar-refractivity contribution in [3.05, 3.63) is 35.4 Å². The molecule has 0 radical (unpaired) electrons. The van der Waals surface area contributed by atoms with Crippen molar-refractivity contribution in [1.29, 1.82) is 0 Å². The summed E-state index contributed by atoms with van der Waals surface area (Å²) in [5.74, 6) is 1.32. The largest absolute Gasteiger partial charge is 0.493 e. The highest BCUT2D eigenvalue weighted by Crippen LogP contribution is 2.19. The molecule has 0 spiro atoms. The molecule has 0 aliphatic carbocycles. The fourth-order valence-corrected chi connectivity index (χ4v) is 1.34. The van der Waals surface area contributed by atoms with Crippen LogP contribution in [0.4, 0.5) is 0 Å². The van der Waals surface area contributed by atoms with Gasteiger partial charge < -0.3 is 4.74 Å². The van der Waals surface area contributed by atoms with Gasteiger partial charge in [-0.3, -0.25) is 4.79 Å². The van der Waals surface area contributed by atoms with E-state index in [1.807, 2.05) is 31.2 Å². The van der Waals surface area contributed by atoms with Crippen molar-refractivity contribution < 1.29 is 9.53 Å². The standard InChI is InChI=1S/C12H14O2S/c1-2-14-12-6-5-10(4-3-7-15)8-11(12)9-13/h3-6,8-9,15H,2,7H2,1H3. The normalized spacial score (nSPS) is 10.5. The van der Waals surface area contributed by atoms with E-state index >= 15 is 0 Å². The third-order valence-electron chi connectivity index (χ3n) is 1.88. The summed E-state index contributed by atoms with van der Waals surface area (Å²) >= 11 is 4.07. The Morgan fingerprint density at radius 2 is 2.27 bits per heavy atom. The first kappa shape index (κ1) is 11.9. The Kier molecular flexibility index (Phi) is 4.98. The van der Waals surface area contributed by atoms with Crippen molar-refractivity contribution in [1.82, 2.24) is 0 Å². The minimum absolute atomic E-state index is 0.562. The SMILES string of the molecule is CCOc1ccc(C=CCS)cc1C=O. The topological polar surface area (TPSA) is 26.3 Å². The molecule has 0 amide bonds. The second-order valence-electron chi connectivity index (χ2n) is 2.93. The van der Waals surface area contributed by atoms with Gasteiger partial charge in [0.15, 0.2) is 6.29 Å². The van der Waals surface area contributed by atoms with Gasteiger partial charge in [0.25, 0.3) is 0 Å². The number of thiol groups is 1. The van der Waals surface area contributed by atoms with Crippen LogP contribution >= 0.6 is 12.6 Å². The average molecular weight is 222 g/mol. The first-order valence-corrected chi connectivity index (χ1v) is 5.44. The van der Waals surface area contributed by atoms with Gasteiger partial charge in [0.1, 0.15) is 5.75 Å². The van der Waals surface area contributed by atoms with E-state index in [4.69, 9.17) is 4.74 Å². The van der Waals surface area contributed by atoms with Crippen LogP contribution in [-0.2, 0) is 0 Å². The first-order chi connectivity index (χ1) is 7.31. The highest BCUT2D eigenvalue weighted by molar-refractivity contribution is 7.80. The van der Waals surface area contributed by atoms with Crippen molar-refractivity contribution in [2.24, 2.45) is 0 Å². The number of carbonyl (C=O) groups is 1. The summed E-state index contributed by atoms with van der Waals surface area (Å²) in [7, 11) is 0. The molecule has 0 aliphatic rings. The van der Waals surface area contributed by atoms with E-state index in [9.17, 15) is 4.79 Å². The predicted octanol–water partition coefficient (Wildman–Crippen LogP) is 2.84. The zero-order valence-electron chi connectivity index (χ0n) is 8.64. The Bertz CT molecular complexity index is 359. The fourth-order valence-electron chi connectivity index (χ4n) is 1.24. The van der Waals surface area contributed by atoms with Gasteiger partial charge in [-0.05, 0) is 24.6 Å². The monoisotopic (exact) mass is 222 g/mol. The van der Waals surface area contributed by atoms with Crippen LogP contribution in [0.5, 0.6) is 5.75 Å². The van der Waals surface area contributed by atoms with Gasteiger partial charge in [0.05, 0.1) is 12.2 Å². The summed E-state index contributed by atoms with van der Waals surface area (Å²) in [5, 5.41) is 0. The van der Waals surface area contributed by atoms with Gasteiger partial charge >= 0.3 is 0 Å². The Morgan fingerprint density at radius 1 is 1.47 bits per heavy atom. The van der Waals surface area contributed by atoms with Gasteiger partial charge in [0.2, 0.25) is 0 Å². The van der Waals surface area contributed by atoms with Crippen LogP contribution in [0, 0.1) is 0 Å². The molecular formula is C12H14O2S. The van der Waals surface area contributed by atoms with Gasteiger partial charge in [0, 0.05) is 5.75 Å². The van der Waals surface area contributed by atoms with E-state index in [-0.39, 0.29) is 0 Å². The third-order valence-corrected chi connectivity index (χ3v) is 2.09. The van der Waals surface area contributed by atoms with E-state index in [1.165, 1.54) is 0 Å². The van der Waals surface area contributed by atoms with E-state index in [0.717, 1.165) is 11.8 Å². The molecule has 0 aromatic heterocycles. The van der Waals surface area contributed by atoms with Crippen LogP contribution in [0.1, 0.15) is 22.8 Å². The molecule has 0 heterocycles. The van der Waals surface area contributed by atoms with E-state index < -0.39 is 0 Å². The molecule has 15 heavy (non-hydrogen) atoms. The molecule has 1 aromatic rings. The van der Waals surface area contributed by atoms with E-state index in [2.05, 4.69) is 12.6 Å². The van der Waals surface area contributed by atoms with E-state index in [0.29, 0.717) is 23.7 Å². The van der Waals surface area contributed by atoms with Crippen molar-refractivity contribution in [3.63, 3.8) is 0 Å². The molecule has 1 aromatic carbocycles. The molecule has 0 aliphatic heterocycles. The third kappa shape index (κ3) is 3.44. The van der Waals surface area contributed by atoms with Crippen LogP contribution < -0.4 is 4.74 Å². The highest BCUT2D eigenvalue weighted by atomic mass is 32.1. The fraction of sp³-hybridized carbons (Fsp3) is 0.250. The van der Waals surface area contributed by atoms with Crippen LogP contribution in [0.15, 0.2) is 24.3 Å². The van der Waals surface area contributed by atoms with Crippen LogP contribution in [0.25, 0.3) is 6.08 Å². The minimum Gasteiger partial charge on any atom is -0.493 e. The number of aldehydes is 1. The number of carbonyl (C=O) groups excluding carboxylic acids is 1. The minimum atomic E-state index is 0.562. The van der Waals surface area contributed by atoms with Crippen molar-refractivity contribution >= 4 is 25.0 Å². The number of hydrogen-bond donors (Lipinski definition) is 1. The average Bonchev–Trinajstić information content (AvgIpc) is 2.28. The number of benzene rings is 1. The smallest absolute Gasteiger partial charge is 0.153 e. The summed E-state index contributed by atoms with van der Waals surface area (Å²) in [6.45, 7) is 2.45. The molecule has 80 valence electrons. The van der Waals surface area contributed by atoms with Gasteiger partial charge in [-0.25, -0.2) is 0 Å². The molecule has 3 heteroatoms. The highest BCUT2D eigenvalue weighted by Gasteiger charge is 2.02. The lowest BCUT2D eigenvalue weighted by molar-refractivity contribution is 0.112. The molecule has 0 N–H and O–H groups in total. The van der Waals surface area contributed by atoms with Crippen LogP contribution in [0.3, 0.4) is 0 Å². The lowest BCUT2D eigenvalue weighted by atomic mass is 10.1. The Balaban J connectivity index is 2.96. The molecule has 1 rings (SSSR count). The molecule has 0 bridgehead atoms. The van der Waals surface area contributed by atoms with Crippen molar-refractivity contribution in [3.8, 4) is 5.75 Å². The molecule has 0 saturated heterocycles. The summed E-state index contributed by atoms with van der Waals surface area (Å²) in [6.07, 6.45) is 4.66. The van der Waals surface area contributed by atoms with Crippen molar-refractivity contribution in [2.75, 3.05) is 12.4 Å². The number of ether oxygens (including phenoxy) is 1. The second-order valence-corrected chi connectivity index (χ2v) is 3.30. The van der Waals surface area contributed by atoms with Crippen LogP contribution in [0.2, 0.25) is 0 Å². The first-order valence-electron chi connectivity index (χ1n) is 4.81. The molecule has 0 unspecified atom stereocenters. The molecule has 0 atom stereocenters. The zero-order valence-corrected chi connectivity index (χ0v) is 9.54. The van der Waals surface area contributed by atoms with Crippen molar-refractivity contribution in [2.45, 2.75) is 6.92 Å². The van der Waals surface area contributed by atoms with E-state index in [1.54, 1.807) is 6.07 Å². The lowest BCUT2D eigenvalue weighted by Crippen LogP contribution is -1.96. The Labute approximate surface area is 95.4 Å². The van der Waals surface area contributed by atoms with Gasteiger partial charge in [-0.1, -0.05) is 18.2 Å². The molecular weight excluding hydrogens is 208 g/mol. The van der Waals surface area contributed by atoms with Crippen LogP contribution in [-0.4, -0.2) is 18.6 Å². The lowest BCUT2D eigenvalue weighted by Gasteiger charge is -2.06. The quantitative estimate of drug-likeness (QED) is 0.612. The van der Waals surface area contributed by atoms with Gasteiger partial charge in [-0.15, -0.1) is 0 Å². The molecule has 0 fully saturated rings. The zero-order chi connectivity index (χ0) is 11.1. The molecule has 2 nitrogen and oxygen atoms in total. The summed E-state index contributed by atoms with van der Waals surface area (Å²) in [4.78, 5) is 10.8. The number of rotatable bonds is 5. The number of hydrogen-bond acceptors (Lipinski definition) is 3. The maximum atomic E-state index is 10.8. The predicted molar refractivity (Wildman–Crippen MR) is 65.9 cm³/mol. The van der Waals surface area contributed by atoms with Gasteiger partial charge in [-0.2, -0.15) is 12.6 Å². The Hall–Kier alpha value is -1.22. The Morgan fingerprint density at radius 3 is 2.87 bits per heavy atom. The maximum absolute atomic E-state index is 10.8. The summed E-state index contributed by atoms with van der Waals surface area (Å²) in [6, 6.07) is 5.53. The second kappa shape index (κ2) is 6.30. The summed E-state index contributed by atoms with van der Waals surface area (Å²) in [5.41, 5.74) is 1.56.